The van der Waals surface area contributed by atoms with E-state index in [1.165, 1.54) is 30.3 Å². The van der Waals surface area contributed by atoms with Crippen LogP contribution in [0.1, 0.15) is 5.56 Å². The average Bonchev–Trinajstić information content (AvgIpc) is 3.09. The molecule has 1 heterocycles. The maximum absolute atomic E-state index is 12.8. The lowest BCUT2D eigenvalue weighted by Gasteiger charge is -2.14. The minimum absolute atomic E-state index is 0.0115. The molecular formula is C25H24N10O15S5. The highest BCUT2D eigenvalue weighted by molar-refractivity contribution is 7.95. The lowest BCUT2D eigenvalue weighted by Crippen LogP contribution is -2.15. The van der Waals surface area contributed by atoms with Gasteiger partial charge in [0.1, 0.15) is 5.69 Å². The van der Waals surface area contributed by atoms with Gasteiger partial charge in [0.2, 0.25) is 17.8 Å². The van der Waals surface area contributed by atoms with Crippen molar-refractivity contribution in [2.45, 2.75) is 26.5 Å². The molecule has 30 heteroatoms. The number of nitrogen functional groups attached to an aromatic ring is 1. The predicted molar refractivity (Wildman–Crippen MR) is 189 cm³/mol. The fourth-order valence-corrected chi connectivity index (χ4v) is 6.84. The van der Waals surface area contributed by atoms with Gasteiger partial charge in [-0.05, 0) is 55.0 Å². The molecule has 25 nitrogen and oxygen atoms in total. The first-order valence-electron chi connectivity index (χ1n) is 14.1. The van der Waals surface area contributed by atoms with Gasteiger partial charge >= 0.3 is 10.4 Å². The van der Waals surface area contributed by atoms with E-state index in [4.69, 9.17) is 20.8 Å². The van der Waals surface area contributed by atoms with E-state index >= 15 is 0 Å². The minimum atomic E-state index is -4.88. The summed E-state index contributed by atoms with van der Waals surface area (Å²) in [7, 11) is -13.7. The van der Waals surface area contributed by atoms with Gasteiger partial charge in [-0.2, -0.15) is 42.2 Å². The fourth-order valence-electron chi connectivity index (χ4n) is 3.98. The Balaban J connectivity index is 1.75. The van der Waals surface area contributed by atoms with Crippen LogP contribution in [0.4, 0.5) is 46.3 Å². The Morgan fingerprint density at radius 3 is 2.02 bits per heavy atom. The van der Waals surface area contributed by atoms with E-state index in [1.807, 2.05) is 0 Å². The number of rotatable bonds is 19. The second-order valence-electron chi connectivity index (χ2n) is 10.0. The van der Waals surface area contributed by atoms with E-state index in [0.29, 0.717) is 29.6 Å². The van der Waals surface area contributed by atoms with Crippen molar-refractivity contribution in [3.63, 3.8) is 0 Å². The van der Waals surface area contributed by atoms with Crippen molar-refractivity contribution in [1.29, 1.82) is 5.26 Å². The van der Waals surface area contributed by atoms with Crippen LogP contribution in [0.15, 0.2) is 78.3 Å². The Morgan fingerprint density at radius 2 is 1.40 bits per heavy atom. The number of benzene rings is 3. The molecule has 0 amide bonds. The van der Waals surface area contributed by atoms with Crippen molar-refractivity contribution in [3.8, 4) is 6.19 Å². The van der Waals surface area contributed by atoms with E-state index in [9.17, 15) is 35.1 Å². The van der Waals surface area contributed by atoms with E-state index in [2.05, 4.69) is 64.1 Å². The molecule has 0 aliphatic rings. The van der Waals surface area contributed by atoms with Gasteiger partial charge in [0.25, 0.3) is 10.1 Å². The Labute approximate surface area is 318 Å². The number of hydrogen-bond acceptors (Lipinski definition) is 25. The number of nitrogens with one attached hydrogen (secondary N) is 3. The third kappa shape index (κ3) is 12.6. The SMILES string of the molecule is Cc1ccc(S(=O)(=O)CCOS(=O)(=O)O)cc1N=Nc1cc(SOOO)c(N)cc1Nc1nc(NC#N)nc(Nc2cc(S(=O)(=O)O)ccc2SOOO)n1. The summed E-state index contributed by atoms with van der Waals surface area (Å²) in [5.74, 6) is -1.78. The first kappa shape index (κ1) is 42.9. The molecule has 0 fully saturated rings. The number of sulfone groups is 1. The molecule has 0 radical (unpaired) electrons. The Hall–Kier alpha value is -4.85. The first-order valence-corrected chi connectivity index (χ1v) is 20.0. The van der Waals surface area contributed by atoms with Crippen molar-refractivity contribution in [2.75, 3.05) is 34.0 Å². The molecule has 3 aromatic carbocycles. The number of nitrogens with two attached hydrogens (primary N) is 1. The molecule has 4 rings (SSSR count). The summed E-state index contributed by atoms with van der Waals surface area (Å²) < 4.78 is 102. The minimum Gasteiger partial charge on any atom is -0.398 e. The van der Waals surface area contributed by atoms with Gasteiger partial charge < -0.3 is 16.4 Å². The fraction of sp³-hybridized carbons (Fsp3) is 0.120. The van der Waals surface area contributed by atoms with Crippen LogP contribution in [0.3, 0.4) is 0 Å². The monoisotopic (exact) mass is 864 g/mol. The topological polar surface area (TPSA) is 379 Å². The maximum atomic E-state index is 12.8. The number of nitrogens with zero attached hydrogens (tertiary/aromatic N) is 6. The quantitative estimate of drug-likeness (QED) is 0.00954. The average molecular weight is 865 g/mol. The second kappa shape index (κ2) is 18.7. The molecule has 0 spiro atoms. The molecule has 1 aromatic heterocycles. The molecule has 0 aliphatic carbocycles. The van der Waals surface area contributed by atoms with Crippen molar-refractivity contribution in [1.82, 2.24) is 15.0 Å². The standard InChI is InChI=1S/C25H24N10O15S5/c1-13-2-3-14(53(38,39)7-6-46-55(43,44)45)8-17(13)34-35-19-11-22(52-50-48-37)16(27)10-18(19)29-24-31-23(28-12-26)32-25(33-24)30-20-9-15(54(40,41)42)4-5-21(20)51-49-47-36/h2-5,8-11,36-37H,6-7,27H2,1H3,(H,40,41,42)(H,43,44,45)(H3,28,29,30,31,32,33). The summed E-state index contributed by atoms with van der Waals surface area (Å²) in [6, 6.07) is 9.56. The zero-order chi connectivity index (χ0) is 40.4. The summed E-state index contributed by atoms with van der Waals surface area (Å²) >= 11 is 0.884. The zero-order valence-electron chi connectivity index (χ0n) is 27.1. The molecule has 0 aliphatic heterocycles. The highest BCUT2D eigenvalue weighted by Gasteiger charge is 2.20. The van der Waals surface area contributed by atoms with Gasteiger partial charge in [0.05, 0.1) is 73.1 Å². The molecule has 0 bridgehead atoms. The van der Waals surface area contributed by atoms with Crippen LogP contribution in [0.25, 0.3) is 0 Å². The van der Waals surface area contributed by atoms with Gasteiger partial charge in [0.15, 0.2) is 16.0 Å². The highest BCUT2D eigenvalue weighted by Crippen LogP contribution is 2.39. The molecule has 4 aromatic rings. The third-order valence-electron chi connectivity index (χ3n) is 6.37. The zero-order valence-corrected chi connectivity index (χ0v) is 31.2. The number of anilines is 6. The van der Waals surface area contributed by atoms with Crippen LogP contribution in [0.5, 0.6) is 0 Å². The van der Waals surface area contributed by atoms with E-state index in [-0.39, 0.29) is 61.0 Å². The largest absolute Gasteiger partial charge is 0.398 e. The Morgan fingerprint density at radius 1 is 0.800 bits per heavy atom. The molecule has 0 atom stereocenters. The van der Waals surface area contributed by atoms with Crippen LogP contribution in [-0.2, 0) is 53.3 Å². The summed E-state index contributed by atoms with van der Waals surface area (Å²) in [5, 5.41) is 49.8. The Kier molecular flexibility index (Phi) is 14.5. The molecule has 9 N–H and O–H groups in total. The molecule has 0 saturated carbocycles. The third-order valence-corrected chi connectivity index (χ3v) is 10.7. The van der Waals surface area contributed by atoms with Gasteiger partial charge in [0, 0.05) is 5.69 Å². The van der Waals surface area contributed by atoms with E-state index in [1.54, 1.807) is 13.1 Å². The van der Waals surface area contributed by atoms with Crippen LogP contribution < -0.4 is 21.7 Å². The van der Waals surface area contributed by atoms with E-state index < -0.39 is 47.6 Å². The van der Waals surface area contributed by atoms with Gasteiger partial charge in [-0.3, -0.25) is 14.4 Å². The molecule has 0 unspecified atom stereocenters. The van der Waals surface area contributed by atoms with Crippen molar-refractivity contribution in [2.24, 2.45) is 10.2 Å². The van der Waals surface area contributed by atoms with Crippen LogP contribution in [0.2, 0.25) is 0 Å². The number of azo groups is 1. The first-order chi connectivity index (χ1) is 25.9. The summed E-state index contributed by atoms with van der Waals surface area (Å²) in [4.78, 5) is 11.7. The van der Waals surface area contributed by atoms with Crippen LogP contribution in [-0.4, -0.2) is 72.2 Å². The summed E-state index contributed by atoms with van der Waals surface area (Å²) in [6.45, 7) is 0.722. The lowest BCUT2D eigenvalue weighted by molar-refractivity contribution is -0.432. The maximum Gasteiger partial charge on any atom is 0.397 e. The number of hydrogen-bond donors (Lipinski definition) is 8. The molecule has 55 heavy (non-hydrogen) atoms. The van der Waals surface area contributed by atoms with Crippen LogP contribution >= 0.6 is 24.1 Å². The predicted octanol–water partition coefficient (Wildman–Crippen LogP) is 4.25. The second-order valence-corrected chi connectivity index (χ2v) is 16.1. The van der Waals surface area contributed by atoms with E-state index in [0.717, 1.165) is 18.2 Å². The highest BCUT2D eigenvalue weighted by atomic mass is 32.3. The van der Waals surface area contributed by atoms with Crippen molar-refractivity contribution in [3.05, 3.63) is 54.1 Å². The molecule has 0 saturated heterocycles. The summed E-state index contributed by atoms with van der Waals surface area (Å²) in [6.07, 6.45) is 1.63. The van der Waals surface area contributed by atoms with Gasteiger partial charge in [-0.25, -0.2) is 23.1 Å². The van der Waals surface area contributed by atoms with Gasteiger partial charge in [-0.15, -0.1) is 13.8 Å². The summed E-state index contributed by atoms with van der Waals surface area (Å²) in [5.41, 5.74) is 6.52. The smallest absolute Gasteiger partial charge is 0.397 e. The Bertz CT molecular complexity index is 2450. The normalized spacial score (nSPS) is 12.1. The number of aryl methyl sites for hydroxylation is 1. The lowest BCUT2D eigenvalue weighted by atomic mass is 10.2. The molecular weight excluding hydrogens is 841 g/mol. The number of nitriles is 1. The van der Waals surface area contributed by atoms with Crippen LogP contribution in [0, 0.1) is 18.4 Å². The van der Waals surface area contributed by atoms with Crippen molar-refractivity contribution < 1.29 is 67.8 Å². The molecule has 294 valence electrons. The number of aromatic nitrogens is 3. The van der Waals surface area contributed by atoms with Gasteiger partial charge in [-0.1, -0.05) is 16.1 Å². The van der Waals surface area contributed by atoms with Crippen molar-refractivity contribution >= 4 is 101 Å².